The zero-order valence-corrected chi connectivity index (χ0v) is 17.4. The van der Waals surface area contributed by atoms with E-state index in [9.17, 15) is 4.57 Å². The standard InChI is InChI=1S/C26H23O3P/c27-30(28-25(21-13-5-1-6-14-21)22-15-7-2-8-16-22)29-26(23-17-9-3-10-18-23)24-19-11-4-12-20-24/h1-20,25-26,30H. The van der Waals surface area contributed by atoms with Crippen molar-refractivity contribution >= 4 is 8.25 Å². The Morgan fingerprint density at radius 1 is 0.433 bits per heavy atom. The molecule has 0 saturated carbocycles. The van der Waals surface area contributed by atoms with E-state index < -0.39 is 20.5 Å². The lowest BCUT2D eigenvalue weighted by Crippen LogP contribution is -2.06. The number of hydrogen-bond acceptors (Lipinski definition) is 3. The van der Waals surface area contributed by atoms with Crippen LogP contribution in [-0.2, 0) is 13.6 Å². The molecule has 0 aromatic heterocycles. The lowest BCUT2D eigenvalue weighted by atomic mass is 10.0. The van der Waals surface area contributed by atoms with E-state index in [4.69, 9.17) is 9.05 Å². The Balaban J connectivity index is 1.60. The van der Waals surface area contributed by atoms with Gasteiger partial charge in [-0.05, 0) is 22.3 Å². The normalized spacial score (nSPS) is 11.3. The minimum absolute atomic E-state index is 0.467. The Kier molecular flexibility index (Phi) is 6.89. The molecular weight excluding hydrogens is 391 g/mol. The molecule has 0 aliphatic carbocycles. The van der Waals surface area contributed by atoms with Crippen molar-refractivity contribution in [2.45, 2.75) is 12.2 Å². The lowest BCUT2D eigenvalue weighted by molar-refractivity contribution is 0.163. The zero-order valence-electron chi connectivity index (χ0n) is 16.4. The molecule has 0 unspecified atom stereocenters. The highest BCUT2D eigenvalue weighted by Crippen LogP contribution is 2.42. The van der Waals surface area contributed by atoms with Gasteiger partial charge in [0.15, 0.2) is 0 Å². The SMILES string of the molecule is O=[PH](OC(c1ccccc1)c1ccccc1)OC(c1ccccc1)c1ccccc1. The van der Waals surface area contributed by atoms with Crippen LogP contribution in [-0.4, -0.2) is 0 Å². The molecule has 4 rings (SSSR count). The molecule has 3 nitrogen and oxygen atoms in total. The fourth-order valence-corrected chi connectivity index (χ4v) is 4.37. The first-order valence-corrected chi connectivity index (χ1v) is 11.1. The van der Waals surface area contributed by atoms with Crippen molar-refractivity contribution in [3.63, 3.8) is 0 Å². The van der Waals surface area contributed by atoms with Gasteiger partial charge in [-0.1, -0.05) is 121 Å². The van der Waals surface area contributed by atoms with Crippen molar-refractivity contribution < 1.29 is 13.6 Å². The van der Waals surface area contributed by atoms with Crippen molar-refractivity contribution in [1.82, 2.24) is 0 Å². The molecule has 0 aliphatic heterocycles. The first-order valence-electron chi connectivity index (χ1n) is 9.88. The van der Waals surface area contributed by atoms with Gasteiger partial charge < -0.3 is 0 Å². The summed E-state index contributed by atoms with van der Waals surface area (Å²) in [6.07, 6.45) is -0.933. The highest BCUT2D eigenvalue weighted by Gasteiger charge is 2.22. The molecule has 4 heteroatoms. The van der Waals surface area contributed by atoms with Crippen LogP contribution in [0.25, 0.3) is 0 Å². The molecule has 0 saturated heterocycles. The van der Waals surface area contributed by atoms with Gasteiger partial charge in [0.1, 0.15) is 12.2 Å². The molecule has 4 aromatic carbocycles. The maximum Gasteiger partial charge on any atom is 0.320 e. The third kappa shape index (κ3) is 5.14. The summed E-state index contributed by atoms with van der Waals surface area (Å²) in [7, 11) is -2.83. The van der Waals surface area contributed by atoms with E-state index in [2.05, 4.69) is 0 Å². The quantitative estimate of drug-likeness (QED) is 0.292. The molecule has 0 atom stereocenters. The van der Waals surface area contributed by atoms with Crippen LogP contribution in [0.1, 0.15) is 34.5 Å². The summed E-state index contributed by atoms with van der Waals surface area (Å²) in [4.78, 5) is 0. The highest BCUT2D eigenvalue weighted by molar-refractivity contribution is 7.33. The Bertz CT molecular complexity index is 888. The molecule has 30 heavy (non-hydrogen) atoms. The van der Waals surface area contributed by atoms with Crippen molar-refractivity contribution in [1.29, 1.82) is 0 Å². The van der Waals surface area contributed by atoms with E-state index in [0.717, 1.165) is 22.3 Å². The predicted molar refractivity (Wildman–Crippen MR) is 121 cm³/mol. The monoisotopic (exact) mass is 414 g/mol. The third-order valence-electron chi connectivity index (χ3n) is 4.84. The molecule has 4 aromatic rings. The fourth-order valence-electron chi connectivity index (χ4n) is 3.39. The van der Waals surface area contributed by atoms with Gasteiger partial charge in [-0.2, -0.15) is 0 Å². The molecule has 150 valence electrons. The number of hydrogen-bond donors (Lipinski definition) is 0. The van der Waals surface area contributed by atoms with Gasteiger partial charge in [0.05, 0.1) is 0 Å². The largest absolute Gasteiger partial charge is 0.320 e. The Hall–Kier alpha value is -2.97. The van der Waals surface area contributed by atoms with Gasteiger partial charge in [0.25, 0.3) is 0 Å². The topological polar surface area (TPSA) is 35.5 Å². The molecule has 0 heterocycles. The number of benzene rings is 4. The number of rotatable bonds is 8. The second-order valence-electron chi connectivity index (χ2n) is 6.89. The fraction of sp³-hybridized carbons (Fsp3) is 0.0769. The molecule has 0 radical (unpaired) electrons. The Morgan fingerprint density at radius 2 is 0.667 bits per heavy atom. The van der Waals surface area contributed by atoms with Crippen LogP contribution < -0.4 is 0 Å². The first kappa shape index (κ1) is 20.3. The van der Waals surface area contributed by atoms with Gasteiger partial charge in [-0.3, -0.25) is 13.6 Å². The summed E-state index contributed by atoms with van der Waals surface area (Å²) < 4.78 is 25.1. The second-order valence-corrected chi connectivity index (χ2v) is 7.86. The molecular formula is C26H23O3P. The van der Waals surface area contributed by atoms with Gasteiger partial charge in [0.2, 0.25) is 0 Å². The van der Waals surface area contributed by atoms with E-state index in [1.807, 2.05) is 121 Å². The van der Waals surface area contributed by atoms with Gasteiger partial charge in [-0.15, -0.1) is 0 Å². The average Bonchev–Trinajstić information content (AvgIpc) is 2.83. The molecule has 0 amide bonds. The maximum atomic E-state index is 13.1. The highest BCUT2D eigenvalue weighted by atomic mass is 31.1. The predicted octanol–water partition coefficient (Wildman–Crippen LogP) is 6.99. The van der Waals surface area contributed by atoms with Crippen molar-refractivity contribution in [3.8, 4) is 0 Å². The Morgan fingerprint density at radius 3 is 0.900 bits per heavy atom. The molecule has 0 spiro atoms. The molecule has 0 aliphatic rings. The zero-order chi connectivity index (χ0) is 20.6. The maximum absolute atomic E-state index is 13.1. The van der Waals surface area contributed by atoms with Crippen LogP contribution in [0.2, 0.25) is 0 Å². The van der Waals surface area contributed by atoms with E-state index in [1.165, 1.54) is 0 Å². The lowest BCUT2D eigenvalue weighted by Gasteiger charge is -2.22. The Labute approximate surface area is 177 Å². The minimum atomic E-state index is -2.83. The van der Waals surface area contributed by atoms with Crippen LogP contribution in [0.3, 0.4) is 0 Å². The van der Waals surface area contributed by atoms with Crippen LogP contribution in [0.15, 0.2) is 121 Å². The summed E-state index contributed by atoms with van der Waals surface area (Å²) in [6.45, 7) is 0. The van der Waals surface area contributed by atoms with Crippen LogP contribution in [0.4, 0.5) is 0 Å². The van der Waals surface area contributed by atoms with E-state index in [0.29, 0.717) is 0 Å². The van der Waals surface area contributed by atoms with Crippen molar-refractivity contribution in [2.24, 2.45) is 0 Å². The van der Waals surface area contributed by atoms with E-state index in [1.54, 1.807) is 0 Å². The molecule has 0 N–H and O–H groups in total. The van der Waals surface area contributed by atoms with E-state index >= 15 is 0 Å². The summed E-state index contributed by atoms with van der Waals surface area (Å²) in [5.74, 6) is 0. The first-order chi connectivity index (χ1) is 14.8. The van der Waals surface area contributed by atoms with Gasteiger partial charge in [-0.25, -0.2) is 0 Å². The van der Waals surface area contributed by atoms with E-state index in [-0.39, 0.29) is 0 Å². The average molecular weight is 414 g/mol. The molecule has 0 fully saturated rings. The van der Waals surface area contributed by atoms with Crippen LogP contribution >= 0.6 is 8.25 Å². The van der Waals surface area contributed by atoms with Crippen LogP contribution in [0, 0.1) is 0 Å². The van der Waals surface area contributed by atoms with Gasteiger partial charge >= 0.3 is 8.25 Å². The van der Waals surface area contributed by atoms with Crippen molar-refractivity contribution in [3.05, 3.63) is 144 Å². The molecule has 0 bridgehead atoms. The summed E-state index contributed by atoms with van der Waals surface area (Å²) in [5, 5.41) is 0. The van der Waals surface area contributed by atoms with Crippen molar-refractivity contribution in [2.75, 3.05) is 0 Å². The minimum Gasteiger partial charge on any atom is -0.298 e. The van der Waals surface area contributed by atoms with Crippen LogP contribution in [0.5, 0.6) is 0 Å². The summed E-state index contributed by atoms with van der Waals surface area (Å²) in [5.41, 5.74) is 3.73. The summed E-state index contributed by atoms with van der Waals surface area (Å²) in [6, 6.07) is 39.2. The van der Waals surface area contributed by atoms with Gasteiger partial charge in [0, 0.05) is 0 Å². The second kappa shape index (κ2) is 10.2. The smallest absolute Gasteiger partial charge is 0.298 e. The summed E-state index contributed by atoms with van der Waals surface area (Å²) >= 11 is 0. The third-order valence-corrected chi connectivity index (χ3v) is 5.69.